The van der Waals surface area contributed by atoms with Crippen molar-refractivity contribution in [1.29, 1.82) is 0 Å². The zero-order chi connectivity index (χ0) is 19.5. The van der Waals surface area contributed by atoms with Crippen LogP contribution in [-0.4, -0.2) is 0 Å². The maximum absolute atomic E-state index is 7.68. The molecule has 0 saturated carbocycles. The van der Waals surface area contributed by atoms with Gasteiger partial charge in [0.05, 0.1) is 0 Å². The van der Waals surface area contributed by atoms with Crippen LogP contribution in [0.25, 0.3) is 11.3 Å². The van der Waals surface area contributed by atoms with Gasteiger partial charge in [0, 0.05) is 21.3 Å². The Morgan fingerprint density at radius 1 is 1.04 bits per heavy atom. The van der Waals surface area contributed by atoms with Gasteiger partial charge in [-0.3, -0.25) is 0 Å². The fourth-order valence-corrected chi connectivity index (χ4v) is 4.04. The summed E-state index contributed by atoms with van der Waals surface area (Å²) in [6.07, 6.45) is 4.47. The standard InChI is InChI=1S/C22H30N/c1-15-8-9-17(16(2)14-15)20-19-18(10-13-23(20)7)21(3,4)11-12-22(19,5)6/h8-10,13-14H,11-12H2,1-7H3/q+1/i1D3. The largest absolute Gasteiger partial charge is 0.216 e. The van der Waals surface area contributed by atoms with Crippen molar-refractivity contribution in [2.75, 3.05) is 0 Å². The highest BCUT2D eigenvalue weighted by Gasteiger charge is 2.42. The van der Waals surface area contributed by atoms with Crippen LogP contribution >= 0.6 is 0 Å². The minimum Gasteiger partial charge on any atom is -0.201 e. The van der Waals surface area contributed by atoms with E-state index < -0.39 is 6.85 Å². The molecule has 1 heteroatoms. The van der Waals surface area contributed by atoms with Crippen molar-refractivity contribution in [1.82, 2.24) is 0 Å². The lowest BCUT2D eigenvalue weighted by Gasteiger charge is -2.41. The summed E-state index contributed by atoms with van der Waals surface area (Å²) in [6.45, 7) is 9.27. The third kappa shape index (κ3) is 2.60. The van der Waals surface area contributed by atoms with E-state index in [9.17, 15) is 0 Å². The van der Waals surface area contributed by atoms with Gasteiger partial charge in [0.25, 0.3) is 0 Å². The molecule has 0 N–H and O–H groups in total. The second-order valence-electron chi connectivity index (χ2n) is 8.36. The van der Waals surface area contributed by atoms with Gasteiger partial charge in [-0.15, -0.1) is 0 Å². The normalized spacial score (nSPS) is 21.0. The molecule has 122 valence electrons. The van der Waals surface area contributed by atoms with Crippen LogP contribution < -0.4 is 4.57 Å². The minimum atomic E-state index is -2.07. The molecule has 1 aliphatic rings. The number of nitrogens with zero attached hydrogens (tertiary/aromatic N) is 1. The zero-order valence-corrected chi connectivity index (χ0v) is 15.2. The molecule has 3 rings (SSSR count). The molecule has 0 spiro atoms. The molecular formula is C22H30N+. The van der Waals surface area contributed by atoms with Crippen molar-refractivity contribution in [3.8, 4) is 11.3 Å². The number of hydrogen-bond acceptors (Lipinski definition) is 0. The van der Waals surface area contributed by atoms with Crippen molar-refractivity contribution in [3.05, 3.63) is 52.7 Å². The lowest BCUT2D eigenvalue weighted by Crippen LogP contribution is -2.41. The average Bonchev–Trinajstić information content (AvgIpc) is 2.51. The molecule has 1 heterocycles. The van der Waals surface area contributed by atoms with Crippen molar-refractivity contribution >= 4 is 0 Å². The number of aryl methyl sites for hydroxylation is 3. The summed E-state index contributed by atoms with van der Waals surface area (Å²) in [4.78, 5) is 0. The molecule has 1 aromatic heterocycles. The predicted molar refractivity (Wildman–Crippen MR) is 97.8 cm³/mol. The van der Waals surface area contributed by atoms with Crippen molar-refractivity contribution < 1.29 is 8.68 Å². The van der Waals surface area contributed by atoms with E-state index in [0.29, 0.717) is 5.56 Å². The number of pyridine rings is 1. The summed E-state index contributed by atoms with van der Waals surface area (Å²) < 4.78 is 25.2. The monoisotopic (exact) mass is 311 g/mol. The number of hydrogen-bond donors (Lipinski definition) is 0. The van der Waals surface area contributed by atoms with E-state index >= 15 is 0 Å². The first-order chi connectivity index (χ1) is 11.8. The van der Waals surface area contributed by atoms with E-state index in [1.54, 1.807) is 6.07 Å². The van der Waals surface area contributed by atoms with Crippen molar-refractivity contribution in [2.24, 2.45) is 7.05 Å². The maximum atomic E-state index is 7.68. The number of aromatic nitrogens is 1. The first-order valence-corrected chi connectivity index (χ1v) is 8.50. The van der Waals surface area contributed by atoms with E-state index in [-0.39, 0.29) is 10.8 Å². The van der Waals surface area contributed by atoms with Gasteiger partial charge in [-0.2, -0.15) is 0 Å². The van der Waals surface area contributed by atoms with Gasteiger partial charge in [0.2, 0.25) is 5.69 Å². The Bertz CT molecular complexity index is 860. The van der Waals surface area contributed by atoms with Gasteiger partial charge < -0.3 is 0 Å². The van der Waals surface area contributed by atoms with Crippen LogP contribution in [0.3, 0.4) is 0 Å². The first kappa shape index (κ1) is 12.8. The van der Waals surface area contributed by atoms with E-state index in [1.165, 1.54) is 23.2 Å². The topological polar surface area (TPSA) is 3.88 Å². The molecule has 23 heavy (non-hydrogen) atoms. The van der Waals surface area contributed by atoms with Crippen LogP contribution in [0.1, 0.15) is 66.9 Å². The van der Waals surface area contributed by atoms with Crippen LogP contribution in [0.15, 0.2) is 30.5 Å². The lowest BCUT2D eigenvalue weighted by atomic mass is 9.62. The highest BCUT2D eigenvalue weighted by molar-refractivity contribution is 5.68. The highest BCUT2D eigenvalue weighted by Crippen LogP contribution is 2.48. The van der Waals surface area contributed by atoms with Gasteiger partial charge in [-0.25, -0.2) is 4.57 Å². The van der Waals surface area contributed by atoms with Crippen LogP contribution in [0, 0.1) is 13.8 Å². The highest BCUT2D eigenvalue weighted by atomic mass is 14.9. The second-order valence-corrected chi connectivity index (χ2v) is 8.36. The second kappa shape index (κ2) is 5.19. The molecule has 0 unspecified atom stereocenters. The number of rotatable bonds is 1. The average molecular weight is 312 g/mol. The summed E-state index contributed by atoms with van der Waals surface area (Å²) in [5.74, 6) is 0. The van der Waals surface area contributed by atoms with E-state index in [2.05, 4.69) is 51.6 Å². The Hall–Kier alpha value is -1.63. The third-order valence-corrected chi connectivity index (χ3v) is 5.59. The quantitative estimate of drug-likeness (QED) is 0.642. The van der Waals surface area contributed by atoms with Gasteiger partial charge >= 0.3 is 0 Å². The molecular weight excluding hydrogens is 278 g/mol. The molecule has 0 radical (unpaired) electrons. The van der Waals surface area contributed by atoms with Gasteiger partial charge in [0.1, 0.15) is 7.05 Å². The Morgan fingerprint density at radius 3 is 2.39 bits per heavy atom. The first-order valence-electron chi connectivity index (χ1n) is 10.00. The molecule has 0 atom stereocenters. The van der Waals surface area contributed by atoms with Crippen molar-refractivity contribution in [3.63, 3.8) is 0 Å². The third-order valence-electron chi connectivity index (χ3n) is 5.59. The summed E-state index contributed by atoms with van der Waals surface area (Å²) >= 11 is 0. The zero-order valence-electron chi connectivity index (χ0n) is 18.2. The fraction of sp³-hybridized carbons (Fsp3) is 0.500. The molecule has 1 nitrogen and oxygen atoms in total. The number of benzene rings is 1. The smallest absolute Gasteiger partial charge is 0.201 e. The van der Waals surface area contributed by atoms with Crippen LogP contribution in [0.5, 0.6) is 0 Å². The SMILES string of the molecule is [2H]C([2H])([2H])c1ccc(-c2c3c(cc[n+]2C)C(C)(C)CCC3(C)C)c(C)c1. The van der Waals surface area contributed by atoms with E-state index in [0.717, 1.165) is 17.5 Å². The van der Waals surface area contributed by atoms with Crippen LogP contribution in [0.4, 0.5) is 0 Å². The maximum Gasteiger partial charge on any atom is 0.216 e. The van der Waals surface area contributed by atoms with Crippen LogP contribution in [-0.2, 0) is 17.9 Å². The summed E-state index contributed by atoms with van der Waals surface area (Å²) in [7, 11) is 2.09. The van der Waals surface area contributed by atoms with Crippen LogP contribution in [0.2, 0.25) is 0 Å². The van der Waals surface area contributed by atoms with Crippen molar-refractivity contribution in [2.45, 2.75) is 65.1 Å². The Morgan fingerprint density at radius 2 is 1.74 bits per heavy atom. The Kier molecular flexibility index (Phi) is 2.88. The Labute approximate surface area is 145 Å². The number of fused-ring (bicyclic) bond motifs is 1. The minimum absolute atomic E-state index is 0.0916. The molecule has 0 aliphatic heterocycles. The molecule has 1 aromatic carbocycles. The summed E-state index contributed by atoms with van der Waals surface area (Å²) in [5.41, 5.74) is 6.84. The molecule has 0 saturated heterocycles. The molecule has 1 aliphatic carbocycles. The van der Waals surface area contributed by atoms with E-state index in [4.69, 9.17) is 4.11 Å². The van der Waals surface area contributed by atoms with E-state index in [1.807, 2.05) is 19.1 Å². The summed E-state index contributed by atoms with van der Waals surface area (Å²) in [5, 5.41) is 0. The fourth-order valence-electron chi connectivity index (χ4n) is 4.04. The van der Waals surface area contributed by atoms with Gasteiger partial charge in [0.15, 0.2) is 6.20 Å². The van der Waals surface area contributed by atoms with Gasteiger partial charge in [-0.1, -0.05) is 45.4 Å². The van der Waals surface area contributed by atoms with Gasteiger partial charge in [-0.05, 0) is 54.6 Å². The summed E-state index contributed by atoms with van der Waals surface area (Å²) in [6, 6.07) is 7.84. The molecule has 0 bridgehead atoms. The Balaban J connectivity index is 2.31. The lowest BCUT2D eigenvalue weighted by molar-refractivity contribution is -0.661. The predicted octanol–water partition coefficient (Wildman–Crippen LogP) is 5.14. The molecule has 0 fully saturated rings. The molecule has 0 amide bonds. The molecule has 2 aromatic rings.